The molecule has 0 aliphatic rings. The molecule has 0 radical (unpaired) electrons. The van der Waals surface area contributed by atoms with Gasteiger partial charge in [0.2, 0.25) is 0 Å². The smallest absolute Gasteiger partial charge is 0.306 e. The molecule has 61 heavy (non-hydrogen) atoms. The van der Waals surface area contributed by atoms with Crippen LogP contribution in [-0.4, -0.2) is 82.5 Å². The van der Waals surface area contributed by atoms with Crippen LogP contribution in [0.4, 0.5) is 0 Å². The number of ether oxygens (including phenoxy) is 4. The molecular weight excluding hydrogens is 767 g/mol. The highest BCUT2D eigenvalue weighted by molar-refractivity contribution is 5.71. The van der Waals surface area contributed by atoms with Gasteiger partial charge in [-0.1, -0.05) is 157 Å². The first-order valence-electron chi connectivity index (χ1n) is 25.7. The van der Waals surface area contributed by atoms with Crippen molar-refractivity contribution in [2.45, 2.75) is 234 Å². The molecule has 0 fully saturated rings. The highest BCUT2D eigenvalue weighted by Crippen LogP contribution is 2.28. The lowest BCUT2D eigenvalue weighted by Gasteiger charge is -2.32. The number of unbranched alkanes of at least 4 members (excludes halogenated alkanes) is 13. The summed E-state index contributed by atoms with van der Waals surface area (Å²) in [5.41, 5.74) is -1.24. The zero-order valence-corrected chi connectivity index (χ0v) is 41.7. The van der Waals surface area contributed by atoms with Gasteiger partial charge in [0, 0.05) is 25.7 Å². The average molecular weight is 867 g/mol. The molecule has 0 amide bonds. The number of quaternary nitrogens is 1. The minimum absolute atomic E-state index is 0.176. The minimum atomic E-state index is -1.24. The Bertz CT molecular complexity index is 955. The molecule has 0 saturated carbocycles. The summed E-state index contributed by atoms with van der Waals surface area (Å²) in [5.74, 6) is -0.610. The molecule has 360 valence electrons. The summed E-state index contributed by atoms with van der Waals surface area (Å²) in [6, 6.07) is 0. The highest BCUT2D eigenvalue weighted by atomic mass is 16.6. The molecule has 0 aliphatic carbocycles. The molecule has 9 nitrogen and oxygen atoms in total. The Morgan fingerprint density at radius 3 is 0.885 bits per heavy atom. The predicted molar refractivity (Wildman–Crippen MR) is 252 cm³/mol. The second-order valence-electron chi connectivity index (χ2n) is 19.8. The summed E-state index contributed by atoms with van der Waals surface area (Å²) in [5, 5.41) is 0. The van der Waals surface area contributed by atoms with Crippen molar-refractivity contribution in [3.05, 3.63) is 0 Å². The van der Waals surface area contributed by atoms with E-state index in [0.717, 1.165) is 172 Å². The van der Waals surface area contributed by atoms with E-state index in [1.807, 2.05) is 0 Å². The first kappa shape index (κ1) is 58.8. The highest BCUT2D eigenvalue weighted by Gasteiger charge is 2.38. The number of esters is 4. The fraction of sp³-hybridized carbons (Fsp3) is 0.923. The van der Waals surface area contributed by atoms with E-state index in [-0.39, 0.29) is 74.5 Å². The monoisotopic (exact) mass is 867 g/mol. The second kappa shape index (κ2) is 38.3. The Morgan fingerprint density at radius 1 is 0.377 bits per heavy atom. The van der Waals surface area contributed by atoms with Gasteiger partial charge in [-0.05, 0) is 69.1 Å². The van der Waals surface area contributed by atoms with E-state index in [0.29, 0.717) is 25.7 Å². The van der Waals surface area contributed by atoms with Gasteiger partial charge < -0.3 is 23.4 Å². The maximum atomic E-state index is 13.7. The Balaban J connectivity index is 6.50. The SMILES string of the molecule is CCCCCC(CCCCC)CC(=O)OCC(COC(=O)CCCC[N+](C)(C)C)(COC(=O)CC(CCCCC)CCCCC)COC(=O)CC(CCCCC)CCCCC. The molecule has 9 heteroatoms. The van der Waals surface area contributed by atoms with Gasteiger partial charge in [0.25, 0.3) is 0 Å². The molecule has 0 bridgehead atoms. The van der Waals surface area contributed by atoms with E-state index in [9.17, 15) is 19.2 Å². The van der Waals surface area contributed by atoms with Crippen molar-refractivity contribution in [1.82, 2.24) is 0 Å². The summed E-state index contributed by atoms with van der Waals surface area (Å²) in [6.45, 7) is 13.4. The van der Waals surface area contributed by atoms with E-state index in [4.69, 9.17) is 18.9 Å². The number of rotatable bonds is 43. The maximum Gasteiger partial charge on any atom is 0.306 e. The van der Waals surface area contributed by atoms with Crippen LogP contribution >= 0.6 is 0 Å². The van der Waals surface area contributed by atoms with Gasteiger partial charge in [-0.25, -0.2) is 0 Å². The zero-order chi connectivity index (χ0) is 45.6. The van der Waals surface area contributed by atoms with Crippen molar-refractivity contribution in [1.29, 1.82) is 0 Å². The van der Waals surface area contributed by atoms with Gasteiger partial charge in [0.15, 0.2) is 0 Å². The van der Waals surface area contributed by atoms with E-state index >= 15 is 0 Å². The molecule has 0 aromatic heterocycles. The molecule has 0 aliphatic heterocycles. The van der Waals surface area contributed by atoms with Gasteiger partial charge in [-0.2, -0.15) is 0 Å². The van der Waals surface area contributed by atoms with Gasteiger partial charge in [0.05, 0.1) is 27.7 Å². The number of hydrogen-bond acceptors (Lipinski definition) is 8. The van der Waals surface area contributed by atoms with Gasteiger partial charge >= 0.3 is 23.9 Å². The Labute approximate surface area is 376 Å². The van der Waals surface area contributed by atoms with Crippen molar-refractivity contribution >= 4 is 23.9 Å². The number of carbonyl (C=O) groups is 4. The van der Waals surface area contributed by atoms with Crippen LogP contribution in [0.2, 0.25) is 0 Å². The summed E-state index contributed by atoms with van der Waals surface area (Å²) in [6.07, 6.45) is 28.6. The number of nitrogens with zero attached hydrogens (tertiary/aromatic N) is 1. The van der Waals surface area contributed by atoms with Crippen LogP contribution in [0.5, 0.6) is 0 Å². The van der Waals surface area contributed by atoms with Crippen LogP contribution in [0.3, 0.4) is 0 Å². The molecule has 0 saturated heterocycles. The van der Waals surface area contributed by atoms with Crippen LogP contribution in [-0.2, 0) is 38.1 Å². The summed E-state index contributed by atoms with van der Waals surface area (Å²) >= 11 is 0. The lowest BCUT2D eigenvalue weighted by Crippen LogP contribution is -2.44. The largest absolute Gasteiger partial charge is 0.465 e. The minimum Gasteiger partial charge on any atom is -0.465 e. The lowest BCUT2D eigenvalue weighted by atomic mass is 9.90. The first-order valence-corrected chi connectivity index (χ1v) is 25.7. The first-order chi connectivity index (χ1) is 29.3. The van der Waals surface area contributed by atoms with Crippen molar-refractivity contribution in [2.24, 2.45) is 23.2 Å². The standard InChI is InChI=1S/C52H100NO8/c1-10-16-22-30-45(31-23-17-11-2)38-49(55)59-42-52(41-58-48(54)36-28-29-37-53(7,8)9,43-60-50(56)39-46(32-24-18-12-3)33-25-19-13-4)44-61-51(57)40-47(34-26-20-14-5)35-27-21-15-6/h45-47H,10-44H2,1-9H3/q+1. The molecule has 0 rings (SSSR count). The van der Waals surface area contributed by atoms with Gasteiger partial charge in [-0.15, -0.1) is 0 Å². The van der Waals surface area contributed by atoms with Crippen molar-refractivity contribution in [2.75, 3.05) is 54.1 Å². The van der Waals surface area contributed by atoms with Crippen molar-refractivity contribution in [3.63, 3.8) is 0 Å². The fourth-order valence-corrected chi connectivity index (χ4v) is 8.14. The zero-order valence-electron chi connectivity index (χ0n) is 41.7. The summed E-state index contributed by atoms with van der Waals surface area (Å²) in [7, 11) is 6.39. The normalized spacial score (nSPS) is 12.1. The summed E-state index contributed by atoms with van der Waals surface area (Å²) in [4.78, 5) is 54.3. The van der Waals surface area contributed by atoms with Crippen LogP contribution in [0, 0.1) is 23.2 Å². The van der Waals surface area contributed by atoms with Crippen LogP contribution in [0.15, 0.2) is 0 Å². The Morgan fingerprint density at radius 2 is 0.639 bits per heavy atom. The molecule has 0 aromatic rings. The second-order valence-corrected chi connectivity index (χ2v) is 19.8. The quantitative estimate of drug-likeness (QED) is 0.0258. The van der Waals surface area contributed by atoms with E-state index < -0.39 is 5.41 Å². The van der Waals surface area contributed by atoms with Crippen LogP contribution < -0.4 is 0 Å². The topological polar surface area (TPSA) is 105 Å². The van der Waals surface area contributed by atoms with E-state index in [2.05, 4.69) is 62.7 Å². The predicted octanol–water partition coefficient (Wildman–Crippen LogP) is 13.5. The fourth-order valence-electron chi connectivity index (χ4n) is 8.14. The van der Waals surface area contributed by atoms with Crippen LogP contribution in [0.1, 0.15) is 234 Å². The third-order valence-corrected chi connectivity index (χ3v) is 12.3. The molecule has 0 N–H and O–H groups in total. The van der Waals surface area contributed by atoms with Gasteiger partial charge in [-0.3, -0.25) is 19.2 Å². The molecule has 0 unspecified atom stereocenters. The molecule has 0 heterocycles. The van der Waals surface area contributed by atoms with Crippen molar-refractivity contribution in [3.8, 4) is 0 Å². The Kier molecular flexibility index (Phi) is 37.0. The Hall–Kier alpha value is -2.16. The lowest BCUT2D eigenvalue weighted by molar-refractivity contribution is -0.870. The third-order valence-electron chi connectivity index (χ3n) is 12.3. The molecule has 0 spiro atoms. The maximum absolute atomic E-state index is 13.7. The van der Waals surface area contributed by atoms with E-state index in [1.165, 1.54) is 0 Å². The molecular formula is C52H100NO8+. The average Bonchev–Trinajstić information content (AvgIpc) is 3.21. The number of hydrogen-bond donors (Lipinski definition) is 0. The number of carbonyl (C=O) groups excluding carboxylic acids is 4. The van der Waals surface area contributed by atoms with Crippen LogP contribution in [0.25, 0.3) is 0 Å². The van der Waals surface area contributed by atoms with Gasteiger partial charge in [0.1, 0.15) is 31.8 Å². The van der Waals surface area contributed by atoms with E-state index in [1.54, 1.807) is 0 Å². The molecule has 0 atom stereocenters. The van der Waals surface area contributed by atoms with Crippen molar-refractivity contribution < 1.29 is 42.6 Å². The third kappa shape index (κ3) is 34.9. The molecule has 0 aromatic carbocycles. The summed E-state index contributed by atoms with van der Waals surface area (Å²) < 4.78 is 25.0.